The quantitative estimate of drug-likeness (QED) is 0.670. The van der Waals surface area contributed by atoms with Crippen LogP contribution in [-0.2, 0) is 9.59 Å². The van der Waals surface area contributed by atoms with Crippen LogP contribution in [0.1, 0.15) is 26.7 Å². The third kappa shape index (κ3) is 0.641. The lowest BCUT2D eigenvalue weighted by molar-refractivity contribution is -0.145. The van der Waals surface area contributed by atoms with Gasteiger partial charge in [-0.3, -0.25) is 9.59 Å². The fourth-order valence-corrected chi connectivity index (χ4v) is 2.74. The first kappa shape index (κ1) is 8.53. The summed E-state index contributed by atoms with van der Waals surface area (Å²) in [7, 11) is 0. The Labute approximate surface area is 75.6 Å². The minimum atomic E-state index is -0.863. The average Bonchev–Trinajstić information content (AvgIpc) is 2.76. The monoisotopic (exact) mass is 184 g/mol. The Morgan fingerprint density at radius 1 is 1.00 bits per heavy atom. The molecule has 0 aromatic heterocycles. The highest BCUT2D eigenvalue weighted by Gasteiger charge is 2.89. The maximum atomic E-state index is 10.9. The summed E-state index contributed by atoms with van der Waals surface area (Å²) in [5.41, 5.74) is -2.03. The Morgan fingerprint density at radius 3 is 1.46 bits per heavy atom. The van der Waals surface area contributed by atoms with Gasteiger partial charge in [-0.2, -0.15) is 0 Å². The smallest absolute Gasteiger partial charge is 0.309 e. The van der Waals surface area contributed by atoms with E-state index in [1.54, 1.807) is 13.8 Å². The minimum Gasteiger partial charge on any atom is -0.481 e. The predicted octanol–water partition coefficient (Wildman–Crippen LogP) is 0.962. The van der Waals surface area contributed by atoms with Gasteiger partial charge in [-0.15, -0.1) is 0 Å². The molecule has 0 aromatic carbocycles. The van der Waals surface area contributed by atoms with E-state index in [0.29, 0.717) is 12.8 Å². The number of carboxylic acids is 2. The summed E-state index contributed by atoms with van der Waals surface area (Å²) < 4.78 is 0. The van der Waals surface area contributed by atoms with Crippen molar-refractivity contribution in [2.45, 2.75) is 26.7 Å². The Morgan fingerprint density at radius 2 is 1.31 bits per heavy atom. The molecule has 0 amide bonds. The zero-order valence-electron chi connectivity index (χ0n) is 7.63. The molecule has 2 atom stereocenters. The number of rotatable bonds is 2. The van der Waals surface area contributed by atoms with Gasteiger partial charge in [0.15, 0.2) is 0 Å². The van der Waals surface area contributed by atoms with Crippen LogP contribution in [0.4, 0.5) is 0 Å². The van der Waals surface area contributed by atoms with Crippen LogP contribution in [-0.4, -0.2) is 22.2 Å². The zero-order chi connectivity index (χ0) is 10.1. The minimum absolute atomic E-state index is 0.447. The number of hydrogen-bond donors (Lipinski definition) is 2. The summed E-state index contributed by atoms with van der Waals surface area (Å²) >= 11 is 0. The number of carboxylic acid groups (broad SMARTS) is 2. The second kappa shape index (κ2) is 1.74. The largest absolute Gasteiger partial charge is 0.481 e. The topological polar surface area (TPSA) is 74.6 Å². The van der Waals surface area contributed by atoms with Crippen LogP contribution in [0, 0.1) is 16.2 Å². The molecule has 2 fully saturated rings. The van der Waals surface area contributed by atoms with Crippen molar-refractivity contribution >= 4 is 11.9 Å². The predicted molar refractivity (Wildman–Crippen MR) is 43.2 cm³/mol. The summed E-state index contributed by atoms with van der Waals surface area (Å²) in [5, 5.41) is 17.8. The molecule has 0 radical (unpaired) electrons. The van der Waals surface area contributed by atoms with Gasteiger partial charge in [-0.1, -0.05) is 0 Å². The fourth-order valence-electron chi connectivity index (χ4n) is 2.74. The first-order valence-electron chi connectivity index (χ1n) is 4.27. The van der Waals surface area contributed by atoms with Crippen LogP contribution in [0.2, 0.25) is 0 Å². The molecule has 0 saturated heterocycles. The van der Waals surface area contributed by atoms with E-state index in [0.717, 1.165) is 0 Å². The van der Waals surface area contributed by atoms with Crippen molar-refractivity contribution in [2.75, 3.05) is 0 Å². The van der Waals surface area contributed by atoms with Gasteiger partial charge >= 0.3 is 11.9 Å². The highest BCUT2D eigenvalue weighted by molar-refractivity contribution is 5.89. The van der Waals surface area contributed by atoms with Gasteiger partial charge in [0.25, 0.3) is 0 Å². The Bertz CT molecular complexity index is 290. The van der Waals surface area contributed by atoms with E-state index < -0.39 is 28.2 Å². The molecule has 2 aliphatic rings. The molecule has 13 heavy (non-hydrogen) atoms. The van der Waals surface area contributed by atoms with Crippen LogP contribution in [0.25, 0.3) is 0 Å². The van der Waals surface area contributed by atoms with Crippen molar-refractivity contribution in [1.82, 2.24) is 0 Å². The molecule has 2 rings (SSSR count). The van der Waals surface area contributed by atoms with Crippen molar-refractivity contribution in [2.24, 2.45) is 16.2 Å². The fraction of sp³-hybridized carbons (Fsp3) is 0.778. The van der Waals surface area contributed by atoms with E-state index in [2.05, 4.69) is 0 Å². The van der Waals surface area contributed by atoms with Gasteiger partial charge in [0.05, 0.1) is 10.8 Å². The van der Waals surface area contributed by atoms with Crippen molar-refractivity contribution in [3.05, 3.63) is 0 Å². The van der Waals surface area contributed by atoms with E-state index in [9.17, 15) is 9.59 Å². The molecule has 4 heteroatoms. The van der Waals surface area contributed by atoms with E-state index in [1.807, 2.05) is 0 Å². The molecule has 0 heterocycles. The van der Waals surface area contributed by atoms with Crippen molar-refractivity contribution in [1.29, 1.82) is 0 Å². The van der Waals surface area contributed by atoms with Crippen molar-refractivity contribution in [3.8, 4) is 0 Å². The molecular formula is C9H12O4. The zero-order valence-corrected chi connectivity index (χ0v) is 7.63. The maximum absolute atomic E-state index is 10.9. The average molecular weight is 184 g/mol. The van der Waals surface area contributed by atoms with Crippen LogP contribution in [0.5, 0.6) is 0 Å². The Kier molecular flexibility index (Phi) is 1.14. The number of hydrogen-bond acceptors (Lipinski definition) is 2. The van der Waals surface area contributed by atoms with Gasteiger partial charge in [0.2, 0.25) is 0 Å². The highest BCUT2D eigenvalue weighted by atomic mass is 16.4. The standard InChI is InChI=1S/C9H12O4/c1-7(5(10)11)3-9(7)4-8(9,2)6(12)13/h3-4H2,1-2H3,(H,10,11)(H,12,13). The molecule has 0 bridgehead atoms. The Hall–Kier alpha value is -1.06. The van der Waals surface area contributed by atoms with Crippen molar-refractivity contribution < 1.29 is 19.8 Å². The van der Waals surface area contributed by atoms with E-state index in [-0.39, 0.29) is 0 Å². The molecular weight excluding hydrogens is 172 g/mol. The lowest BCUT2D eigenvalue weighted by Gasteiger charge is -2.07. The summed E-state index contributed by atoms with van der Waals surface area (Å²) in [5.74, 6) is -1.73. The summed E-state index contributed by atoms with van der Waals surface area (Å²) in [4.78, 5) is 21.7. The van der Waals surface area contributed by atoms with Crippen molar-refractivity contribution in [3.63, 3.8) is 0 Å². The normalized spacial score (nSPS) is 51.8. The lowest BCUT2D eigenvalue weighted by Crippen LogP contribution is -2.20. The summed E-state index contributed by atoms with van der Waals surface area (Å²) in [6, 6.07) is 0. The molecule has 2 saturated carbocycles. The molecule has 0 aliphatic heterocycles. The van der Waals surface area contributed by atoms with Gasteiger partial charge in [-0.05, 0) is 26.7 Å². The van der Waals surface area contributed by atoms with Gasteiger partial charge in [0, 0.05) is 5.41 Å². The van der Waals surface area contributed by atoms with Gasteiger partial charge in [0.1, 0.15) is 0 Å². The van der Waals surface area contributed by atoms with Crippen LogP contribution >= 0.6 is 0 Å². The molecule has 1 spiro atoms. The third-order valence-corrected chi connectivity index (χ3v) is 4.12. The second-order valence-corrected chi connectivity index (χ2v) is 4.71. The molecule has 2 N–H and O–H groups in total. The van der Waals surface area contributed by atoms with E-state index in [1.165, 1.54) is 0 Å². The molecule has 72 valence electrons. The molecule has 0 aromatic rings. The number of carbonyl (C=O) groups is 2. The number of aliphatic carboxylic acids is 2. The third-order valence-electron chi connectivity index (χ3n) is 4.12. The molecule has 2 unspecified atom stereocenters. The van der Waals surface area contributed by atoms with Crippen LogP contribution in [0.3, 0.4) is 0 Å². The molecule has 2 aliphatic carbocycles. The first-order chi connectivity index (χ1) is 5.80. The van der Waals surface area contributed by atoms with Gasteiger partial charge < -0.3 is 10.2 Å². The van der Waals surface area contributed by atoms with Gasteiger partial charge in [-0.25, -0.2) is 0 Å². The first-order valence-corrected chi connectivity index (χ1v) is 4.27. The van der Waals surface area contributed by atoms with E-state index in [4.69, 9.17) is 10.2 Å². The van der Waals surface area contributed by atoms with Crippen LogP contribution in [0.15, 0.2) is 0 Å². The summed E-state index contributed by atoms with van der Waals surface area (Å²) in [6.45, 7) is 3.28. The summed E-state index contributed by atoms with van der Waals surface area (Å²) in [6.07, 6.45) is 1.02. The highest BCUT2D eigenvalue weighted by Crippen LogP contribution is 2.87. The van der Waals surface area contributed by atoms with Crippen LogP contribution < -0.4 is 0 Å². The maximum Gasteiger partial charge on any atom is 0.309 e. The lowest BCUT2D eigenvalue weighted by atomic mass is 9.98. The molecule has 4 nitrogen and oxygen atoms in total. The Balaban J connectivity index is 2.26. The van der Waals surface area contributed by atoms with E-state index >= 15 is 0 Å². The SMILES string of the molecule is CC1(C(=O)O)CC12CC2(C)C(=O)O. The second-order valence-electron chi connectivity index (χ2n) is 4.71.